The fraction of sp³-hybridized carbons (Fsp3) is 0.133. The zero-order chi connectivity index (χ0) is 29.7. The van der Waals surface area contributed by atoms with Crippen LogP contribution in [0.2, 0.25) is 10.0 Å². The van der Waals surface area contributed by atoms with Crippen LogP contribution in [-0.2, 0) is 21.2 Å². The molecule has 41 heavy (non-hydrogen) atoms. The number of anilines is 1. The van der Waals surface area contributed by atoms with Crippen molar-refractivity contribution in [2.24, 2.45) is 0 Å². The first-order valence-electron chi connectivity index (χ1n) is 12.4. The van der Waals surface area contributed by atoms with Crippen LogP contribution in [0, 0.1) is 3.57 Å². The first-order valence-corrected chi connectivity index (χ1v) is 15.7. The van der Waals surface area contributed by atoms with Crippen LogP contribution in [0.15, 0.2) is 95.9 Å². The third-order valence-corrected chi connectivity index (χ3v) is 8.97. The number of carbonyl (C=O) groups excluding carboxylic acids is 2. The SMILES string of the molecule is CC(O)C(=O)[C@H](Cc1ccc(-c2ccccc2)cc1)NC(=O)c1cc(I)ccc1NS(=O)(=O)c1cc(Cl)ccc1Cl. The van der Waals surface area contributed by atoms with Crippen LogP contribution in [-0.4, -0.2) is 37.4 Å². The molecule has 0 heterocycles. The number of hydrogen-bond acceptors (Lipinski definition) is 5. The standard InChI is InChI=1S/C30H25Cl2IN2O5S/c1-18(36)29(37)27(15-19-7-9-21(10-8-19)20-5-3-2-4-6-20)34-30(38)24-17-23(33)12-14-26(24)35-41(39,40)28-16-22(31)11-13-25(28)32/h2-14,16-18,27,35-36H,15H2,1H3,(H,34,38)/t18?,27-/m0/s1. The van der Waals surface area contributed by atoms with Crippen LogP contribution in [0.25, 0.3) is 11.1 Å². The Labute approximate surface area is 262 Å². The second-order valence-electron chi connectivity index (χ2n) is 9.24. The largest absolute Gasteiger partial charge is 0.386 e. The number of halogens is 3. The van der Waals surface area contributed by atoms with Crippen LogP contribution in [0.1, 0.15) is 22.8 Å². The molecule has 4 aromatic rings. The second-order valence-corrected chi connectivity index (χ2v) is 13.0. The molecule has 0 spiro atoms. The number of hydrogen-bond donors (Lipinski definition) is 3. The summed E-state index contributed by atoms with van der Waals surface area (Å²) in [4.78, 5) is 26.2. The minimum atomic E-state index is -4.22. The van der Waals surface area contributed by atoms with Gasteiger partial charge in [0.15, 0.2) is 5.78 Å². The quantitative estimate of drug-likeness (QED) is 0.165. The minimum Gasteiger partial charge on any atom is -0.386 e. The summed E-state index contributed by atoms with van der Waals surface area (Å²) in [5.74, 6) is -1.28. The number of benzene rings is 4. The number of Topliss-reactive ketones (excluding diaryl/α,β-unsaturated/α-hetero) is 1. The molecule has 1 amide bonds. The van der Waals surface area contributed by atoms with Gasteiger partial charge in [0.2, 0.25) is 0 Å². The first-order chi connectivity index (χ1) is 19.4. The first kappa shape index (κ1) is 31.0. The van der Waals surface area contributed by atoms with Crippen molar-refractivity contribution < 1.29 is 23.1 Å². The van der Waals surface area contributed by atoms with Gasteiger partial charge in [0.25, 0.3) is 15.9 Å². The van der Waals surface area contributed by atoms with E-state index in [2.05, 4.69) is 10.0 Å². The molecule has 0 aliphatic rings. The van der Waals surface area contributed by atoms with Gasteiger partial charge in [0.05, 0.1) is 22.3 Å². The maximum atomic E-state index is 13.5. The smallest absolute Gasteiger partial charge is 0.263 e. The highest BCUT2D eigenvalue weighted by Gasteiger charge is 2.27. The zero-order valence-corrected chi connectivity index (χ0v) is 26.1. The van der Waals surface area contributed by atoms with Crippen LogP contribution >= 0.6 is 45.8 Å². The van der Waals surface area contributed by atoms with Crippen molar-refractivity contribution in [3.63, 3.8) is 0 Å². The number of aliphatic hydroxyl groups excluding tert-OH is 1. The zero-order valence-electron chi connectivity index (χ0n) is 21.6. The van der Waals surface area contributed by atoms with E-state index < -0.39 is 33.9 Å². The van der Waals surface area contributed by atoms with Gasteiger partial charge in [-0.05, 0) is 89.0 Å². The van der Waals surface area contributed by atoms with E-state index in [0.717, 1.165) is 16.7 Å². The summed E-state index contributed by atoms with van der Waals surface area (Å²) < 4.78 is 29.4. The fourth-order valence-corrected chi connectivity index (χ4v) is 6.46. The molecule has 7 nitrogen and oxygen atoms in total. The normalized spacial score (nSPS) is 12.8. The van der Waals surface area contributed by atoms with Crippen molar-refractivity contribution >= 4 is 73.2 Å². The summed E-state index contributed by atoms with van der Waals surface area (Å²) in [7, 11) is -4.22. The summed E-state index contributed by atoms with van der Waals surface area (Å²) in [5.41, 5.74) is 2.77. The van der Waals surface area contributed by atoms with E-state index in [4.69, 9.17) is 23.2 Å². The Hall–Kier alpha value is -2.96. The summed E-state index contributed by atoms with van der Waals surface area (Å²) in [6.07, 6.45) is -1.21. The number of sulfonamides is 1. The Bertz CT molecular complexity index is 1680. The molecule has 0 aliphatic carbocycles. The van der Waals surface area contributed by atoms with Crippen molar-refractivity contribution in [1.29, 1.82) is 0 Å². The fourth-order valence-electron chi connectivity index (χ4n) is 4.13. The van der Waals surface area contributed by atoms with E-state index in [0.29, 0.717) is 3.57 Å². The maximum Gasteiger partial charge on any atom is 0.263 e. The molecule has 3 N–H and O–H groups in total. The molecule has 0 aliphatic heterocycles. The molecule has 0 saturated heterocycles. The average Bonchev–Trinajstić information content (AvgIpc) is 2.95. The van der Waals surface area contributed by atoms with Crippen molar-refractivity contribution in [3.8, 4) is 11.1 Å². The van der Waals surface area contributed by atoms with Gasteiger partial charge in [-0.15, -0.1) is 0 Å². The van der Waals surface area contributed by atoms with Gasteiger partial charge in [-0.25, -0.2) is 8.42 Å². The molecule has 1 unspecified atom stereocenters. The summed E-state index contributed by atoms with van der Waals surface area (Å²) in [5, 5.41) is 12.9. The van der Waals surface area contributed by atoms with Gasteiger partial charge in [0, 0.05) is 8.59 Å². The van der Waals surface area contributed by atoms with Gasteiger partial charge in [-0.1, -0.05) is 77.8 Å². The average molecular weight is 723 g/mol. The van der Waals surface area contributed by atoms with E-state index in [1.807, 2.05) is 77.2 Å². The Kier molecular flexibility index (Phi) is 10.1. The van der Waals surface area contributed by atoms with E-state index in [9.17, 15) is 23.1 Å². The third-order valence-electron chi connectivity index (χ3n) is 6.21. The Morgan fingerprint density at radius 3 is 2.22 bits per heavy atom. The lowest BCUT2D eigenvalue weighted by Gasteiger charge is -2.21. The topological polar surface area (TPSA) is 113 Å². The summed E-state index contributed by atoms with van der Waals surface area (Å²) >= 11 is 14.1. The Morgan fingerprint density at radius 1 is 0.902 bits per heavy atom. The number of carbonyl (C=O) groups is 2. The van der Waals surface area contributed by atoms with Crippen LogP contribution < -0.4 is 10.0 Å². The van der Waals surface area contributed by atoms with Gasteiger partial charge in [0.1, 0.15) is 11.0 Å². The lowest BCUT2D eigenvalue weighted by molar-refractivity contribution is -0.128. The maximum absolute atomic E-state index is 13.5. The molecule has 11 heteroatoms. The van der Waals surface area contributed by atoms with Crippen LogP contribution in [0.3, 0.4) is 0 Å². The number of aliphatic hydroxyl groups is 1. The molecule has 0 radical (unpaired) electrons. The molecule has 2 atom stereocenters. The highest BCUT2D eigenvalue weighted by atomic mass is 127. The lowest BCUT2D eigenvalue weighted by atomic mass is 9.97. The molecule has 0 fully saturated rings. The van der Waals surface area contributed by atoms with E-state index >= 15 is 0 Å². The molecule has 4 aromatic carbocycles. The highest BCUT2D eigenvalue weighted by molar-refractivity contribution is 14.1. The minimum absolute atomic E-state index is 0.0126. The Balaban J connectivity index is 1.60. The highest BCUT2D eigenvalue weighted by Crippen LogP contribution is 2.29. The summed E-state index contributed by atoms with van der Waals surface area (Å²) in [6.45, 7) is 1.33. The Morgan fingerprint density at radius 2 is 1.56 bits per heavy atom. The van der Waals surface area contributed by atoms with Gasteiger partial charge < -0.3 is 10.4 Å². The number of amides is 1. The van der Waals surface area contributed by atoms with Gasteiger partial charge >= 0.3 is 0 Å². The molecule has 212 valence electrons. The molecule has 0 bridgehead atoms. The second kappa shape index (κ2) is 13.3. The number of nitrogens with one attached hydrogen (secondary N) is 2. The molecule has 0 aromatic heterocycles. The van der Waals surface area contributed by atoms with E-state index in [-0.39, 0.29) is 32.6 Å². The van der Waals surface area contributed by atoms with Crippen molar-refractivity contribution in [2.75, 3.05) is 4.72 Å². The van der Waals surface area contributed by atoms with Gasteiger partial charge in [-0.3, -0.25) is 14.3 Å². The predicted molar refractivity (Wildman–Crippen MR) is 170 cm³/mol. The molecule has 0 saturated carbocycles. The molecule has 4 rings (SSSR count). The predicted octanol–water partition coefficient (Wildman–Crippen LogP) is 6.36. The molecular formula is C30H25Cl2IN2O5S. The summed E-state index contributed by atoms with van der Waals surface area (Å²) in [6, 6.07) is 24.9. The van der Waals surface area contributed by atoms with Crippen LogP contribution in [0.5, 0.6) is 0 Å². The molecular weight excluding hydrogens is 698 g/mol. The van der Waals surface area contributed by atoms with Crippen molar-refractivity contribution in [2.45, 2.75) is 30.4 Å². The van der Waals surface area contributed by atoms with Crippen molar-refractivity contribution in [1.82, 2.24) is 5.32 Å². The van der Waals surface area contributed by atoms with E-state index in [1.54, 1.807) is 6.07 Å². The third kappa shape index (κ3) is 7.87. The number of rotatable bonds is 10. The van der Waals surface area contributed by atoms with Crippen LogP contribution in [0.4, 0.5) is 5.69 Å². The van der Waals surface area contributed by atoms with E-state index in [1.165, 1.54) is 37.3 Å². The van der Waals surface area contributed by atoms with Crippen molar-refractivity contribution in [3.05, 3.63) is 116 Å². The monoisotopic (exact) mass is 722 g/mol. The van der Waals surface area contributed by atoms with Gasteiger partial charge in [-0.2, -0.15) is 0 Å². The number of ketones is 1. The lowest BCUT2D eigenvalue weighted by Crippen LogP contribution is -2.46.